The van der Waals surface area contributed by atoms with Gasteiger partial charge in [-0.2, -0.15) is 0 Å². The van der Waals surface area contributed by atoms with Gasteiger partial charge in [-0.3, -0.25) is 0 Å². The van der Waals surface area contributed by atoms with E-state index in [2.05, 4.69) is 29.6 Å². The zero-order valence-electron chi connectivity index (χ0n) is 9.52. The van der Waals surface area contributed by atoms with Crippen LogP contribution in [0.5, 0.6) is 0 Å². The SMILES string of the molecule is OC(c1cccc(C2CC2)c1)C1CCCN1. The first-order valence-electron chi connectivity index (χ1n) is 6.36. The first kappa shape index (κ1) is 10.3. The normalized spacial score (nSPS) is 26.9. The molecule has 1 aromatic carbocycles. The van der Waals surface area contributed by atoms with Crippen LogP contribution in [0.15, 0.2) is 24.3 Å². The van der Waals surface area contributed by atoms with Crippen molar-refractivity contribution in [3.63, 3.8) is 0 Å². The highest BCUT2D eigenvalue weighted by Crippen LogP contribution is 2.40. The van der Waals surface area contributed by atoms with Crippen LogP contribution in [0.3, 0.4) is 0 Å². The van der Waals surface area contributed by atoms with E-state index in [1.165, 1.54) is 24.8 Å². The zero-order chi connectivity index (χ0) is 11.0. The second-order valence-electron chi connectivity index (χ2n) is 5.09. The Morgan fingerprint density at radius 3 is 2.81 bits per heavy atom. The van der Waals surface area contributed by atoms with Crippen molar-refractivity contribution in [2.75, 3.05) is 6.54 Å². The number of hydrogen-bond acceptors (Lipinski definition) is 2. The monoisotopic (exact) mass is 217 g/mol. The fourth-order valence-corrected chi connectivity index (χ4v) is 2.63. The lowest BCUT2D eigenvalue weighted by atomic mass is 9.98. The molecule has 0 bridgehead atoms. The second kappa shape index (κ2) is 4.19. The van der Waals surface area contributed by atoms with Crippen molar-refractivity contribution >= 4 is 0 Å². The van der Waals surface area contributed by atoms with Crippen molar-refractivity contribution in [1.82, 2.24) is 5.32 Å². The molecule has 0 aromatic heterocycles. The molecule has 2 aliphatic rings. The predicted molar refractivity (Wildman–Crippen MR) is 64.4 cm³/mol. The third kappa shape index (κ3) is 2.00. The summed E-state index contributed by atoms with van der Waals surface area (Å²) in [6.07, 6.45) is 4.59. The number of aliphatic hydroxyl groups excluding tert-OH is 1. The Labute approximate surface area is 96.7 Å². The van der Waals surface area contributed by atoms with E-state index in [4.69, 9.17) is 0 Å². The molecular formula is C14H19NO. The number of rotatable bonds is 3. The fourth-order valence-electron chi connectivity index (χ4n) is 2.63. The van der Waals surface area contributed by atoms with Crippen LogP contribution < -0.4 is 5.32 Å². The Balaban J connectivity index is 1.78. The lowest BCUT2D eigenvalue weighted by Crippen LogP contribution is -2.28. The Bertz CT molecular complexity index is 367. The molecule has 0 amide bonds. The van der Waals surface area contributed by atoms with Crippen molar-refractivity contribution < 1.29 is 5.11 Å². The van der Waals surface area contributed by atoms with Crippen molar-refractivity contribution in [2.45, 2.75) is 43.7 Å². The van der Waals surface area contributed by atoms with Gasteiger partial charge in [-0.15, -0.1) is 0 Å². The molecule has 2 nitrogen and oxygen atoms in total. The van der Waals surface area contributed by atoms with E-state index in [1.54, 1.807) is 0 Å². The van der Waals surface area contributed by atoms with E-state index in [0.29, 0.717) is 0 Å². The van der Waals surface area contributed by atoms with Crippen LogP contribution in [0.4, 0.5) is 0 Å². The Morgan fingerprint density at radius 2 is 2.12 bits per heavy atom. The fraction of sp³-hybridized carbons (Fsp3) is 0.571. The predicted octanol–water partition coefficient (Wildman–Crippen LogP) is 2.35. The minimum absolute atomic E-state index is 0.259. The molecule has 2 fully saturated rings. The first-order chi connectivity index (χ1) is 7.84. The lowest BCUT2D eigenvalue weighted by molar-refractivity contribution is 0.137. The van der Waals surface area contributed by atoms with Gasteiger partial charge in [0.1, 0.15) is 0 Å². The minimum Gasteiger partial charge on any atom is -0.387 e. The van der Waals surface area contributed by atoms with Crippen molar-refractivity contribution in [3.05, 3.63) is 35.4 Å². The molecule has 1 aliphatic heterocycles. The molecule has 1 heterocycles. The maximum Gasteiger partial charge on any atom is 0.0943 e. The van der Waals surface area contributed by atoms with E-state index in [-0.39, 0.29) is 12.1 Å². The summed E-state index contributed by atoms with van der Waals surface area (Å²) < 4.78 is 0. The van der Waals surface area contributed by atoms with Gasteiger partial charge >= 0.3 is 0 Å². The highest BCUT2D eigenvalue weighted by molar-refractivity contribution is 5.31. The molecule has 0 spiro atoms. The summed E-state index contributed by atoms with van der Waals surface area (Å²) in [6, 6.07) is 8.78. The molecule has 2 unspecified atom stereocenters. The summed E-state index contributed by atoms with van der Waals surface area (Å²) in [6.45, 7) is 1.05. The number of nitrogens with one attached hydrogen (secondary N) is 1. The molecule has 1 saturated carbocycles. The van der Waals surface area contributed by atoms with E-state index in [9.17, 15) is 5.11 Å². The van der Waals surface area contributed by atoms with Gasteiger partial charge in [-0.1, -0.05) is 24.3 Å². The maximum absolute atomic E-state index is 10.3. The van der Waals surface area contributed by atoms with Gasteiger partial charge in [0.15, 0.2) is 0 Å². The molecule has 3 rings (SSSR count). The number of benzene rings is 1. The van der Waals surface area contributed by atoms with Crippen LogP contribution >= 0.6 is 0 Å². The van der Waals surface area contributed by atoms with Gasteiger partial charge in [0.2, 0.25) is 0 Å². The second-order valence-corrected chi connectivity index (χ2v) is 5.09. The van der Waals surface area contributed by atoms with Crippen LogP contribution in [0, 0.1) is 0 Å². The summed E-state index contributed by atoms with van der Waals surface area (Å²) in [5.41, 5.74) is 2.50. The van der Waals surface area contributed by atoms with Gasteiger partial charge in [0.05, 0.1) is 6.10 Å². The van der Waals surface area contributed by atoms with Gasteiger partial charge in [0, 0.05) is 6.04 Å². The smallest absolute Gasteiger partial charge is 0.0943 e. The Kier molecular flexibility index (Phi) is 2.70. The molecule has 2 atom stereocenters. The zero-order valence-corrected chi connectivity index (χ0v) is 9.52. The van der Waals surface area contributed by atoms with Crippen LogP contribution in [0.25, 0.3) is 0 Å². The minimum atomic E-state index is -0.332. The number of hydrogen-bond donors (Lipinski definition) is 2. The molecule has 16 heavy (non-hydrogen) atoms. The molecule has 2 heteroatoms. The van der Waals surface area contributed by atoms with Crippen LogP contribution in [-0.2, 0) is 0 Å². The van der Waals surface area contributed by atoms with Crippen molar-refractivity contribution in [2.24, 2.45) is 0 Å². The maximum atomic E-state index is 10.3. The highest BCUT2D eigenvalue weighted by atomic mass is 16.3. The lowest BCUT2D eigenvalue weighted by Gasteiger charge is -2.19. The van der Waals surface area contributed by atoms with Gasteiger partial charge in [-0.05, 0) is 49.3 Å². The van der Waals surface area contributed by atoms with E-state index >= 15 is 0 Å². The van der Waals surface area contributed by atoms with E-state index < -0.39 is 0 Å². The van der Waals surface area contributed by atoms with E-state index in [1.807, 2.05) is 0 Å². The van der Waals surface area contributed by atoms with Gasteiger partial charge in [0.25, 0.3) is 0 Å². The Morgan fingerprint density at radius 1 is 1.25 bits per heavy atom. The molecule has 2 N–H and O–H groups in total. The van der Waals surface area contributed by atoms with Crippen molar-refractivity contribution in [3.8, 4) is 0 Å². The van der Waals surface area contributed by atoms with Crippen LogP contribution in [0.2, 0.25) is 0 Å². The average Bonchev–Trinajstić information content (AvgIpc) is 3.04. The largest absolute Gasteiger partial charge is 0.387 e. The summed E-state index contributed by atoms with van der Waals surface area (Å²) in [5, 5.41) is 13.7. The van der Waals surface area contributed by atoms with E-state index in [0.717, 1.165) is 24.4 Å². The topological polar surface area (TPSA) is 32.3 Å². The molecular weight excluding hydrogens is 198 g/mol. The van der Waals surface area contributed by atoms with Crippen LogP contribution in [0.1, 0.15) is 48.8 Å². The first-order valence-corrected chi connectivity index (χ1v) is 6.36. The quantitative estimate of drug-likeness (QED) is 0.814. The highest BCUT2D eigenvalue weighted by Gasteiger charge is 2.27. The Hall–Kier alpha value is -0.860. The molecule has 1 aromatic rings. The summed E-state index contributed by atoms with van der Waals surface area (Å²) in [5.74, 6) is 0.767. The summed E-state index contributed by atoms with van der Waals surface area (Å²) in [7, 11) is 0. The molecule has 0 radical (unpaired) electrons. The average molecular weight is 217 g/mol. The molecule has 1 saturated heterocycles. The van der Waals surface area contributed by atoms with Gasteiger partial charge in [-0.25, -0.2) is 0 Å². The summed E-state index contributed by atoms with van der Waals surface area (Å²) in [4.78, 5) is 0. The molecule has 1 aliphatic carbocycles. The number of aliphatic hydroxyl groups is 1. The molecule has 86 valence electrons. The third-order valence-corrected chi connectivity index (χ3v) is 3.78. The third-order valence-electron chi connectivity index (χ3n) is 3.78. The summed E-state index contributed by atoms with van der Waals surface area (Å²) >= 11 is 0. The van der Waals surface area contributed by atoms with Crippen molar-refractivity contribution in [1.29, 1.82) is 0 Å². The van der Waals surface area contributed by atoms with Crippen LogP contribution in [-0.4, -0.2) is 17.7 Å². The standard InChI is InChI=1S/C14H19NO/c16-14(13-5-2-8-15-13)12-4-1-3-11(9-12)10-6-7-10/h1,3-4,9-10,13-16H,2,5-8H2. The van der Waals surface area contributed by atoms with Gasteiger partial charge < -0.3 is 10.4 Å².